The van der Waals surface area contributed by atoms with Crippen molar-refractivity contribution in [2.24, 2.45) is 0 Å². The first kappa shape index (κ1) is 13.5. The molecule has 0 aliphatic rings. The number of rotatable bonds is 4. The van der Waals surface area contributed by atoms with Gasteiger partial charge in [-0.2, -0.15) is 9.50 Å². The summed E-state index contributed by atoms with van der Waals surface area (Å²) in [7, 11) is 0. The maximum Gasteiger partial charge on any atom is 0.337 e. The summed E-state index contributed by atoms with van der Waals surface area (Å²) in [6.07, 6.45) is 0.771. The number of nitrogens with one attached hydrogen (secondary N) is 1. The molecule has 0 atom stereocenters. The van der Waals surface area contributed by atoms with E-state index in [0.29, 0.717) is 23.3 Å². The Kier molecular flexibility index (Phi) is 3.27. The summed E-state index contributed by atoms with van der Waals surface area (Å²) in [6.45, 7) is 0.475. The Labute approximate surface area is 131 Å². The molecular formula is C17H14N4O2. The number of ether oxygens (including phenoxy) is 1. The van der Waals surface area contributed by atoms with Gasteiger partial charge in [0.25, 0.3) is 5.56 Å². The fourth-order valence-electron chi connectivity index (χ4n) is 2.53. The lowest BCUT2D eigenvalue weighted by molar-refractivity contribution is 0.297. The van der Waals surface area contributed by atoms with E-state index in [-0.39, 0.29) is 11.6 Å². The Balaban J connectivity index is 1.62. The number of fused-ring (bicyclic) bond motifs is 3. The van der Waals surface area contributed by atoms with Gasteiger partial charge in [-0.3, -0.25) is 9.78 Å². The third-order valence-corrected chi connectivity index (χ3v) is 3.65. The molecule has 0 fully saturated rings. The predicted octanol–water partition coefficient (Wildman–Crippen LogP) is 2.19. The highest BCUT2D eigenvalue weighted by molar-refractivity contribution is 5.79. The lowest BCUT2D eigenvalue weighted by Crippen LogP contribution is -2.10. The van der Waals surface area contributed by atoms with Gasteiger partial charge in [-0.05, 0) is 17.7 Å². The van der Waals surface area contributed by atoms with Crippen LogP contribution in [0.15, 0.2) is 59.4 Å². The van der Waals surface area contributed by atoms with E-state index in [2.05, 4.69) is 15.1 Å². The molecule has 6 nitrogen and oxygen atoms in total. The van der Waals surface area contributed by atoms with E-state index in [4.69, 9.17) is 4.74 Å². The summed E-state index contributed by atoms with van der Waals surface area (Å²) in [6, 6.07) is 17.6. The van der Waals surface area contributed by atoms with Crippen molar-refractivity contribution < 1.29 is 4.74 Å². The average molecular weight is 306 g/mol. The Morgan fingerprint density at radius 3 is 2.70 bits per heavy atom. The van der Waals surface area contributed by atoms with Gasteiger partial charge in [-0.25, -0.2) is 0 Å². The molecule has 0 saturated heterocycles. The van der Waals surface area contributed by atoms with E-state index < -0.39 is 0 Å². The molecule has 114 valence electrons. The zero-order valence-corrected chi connectivity index (χ0v) is 12.3. The average Bonchev–Trinajstić information content (AvgIpc) is 2.99. The van der Waals surface area contributed by atoms with Crippen LogP contribution in [0, 0.1) is 0 Å². The maximum atomic E-state index is 12.0. The Hall–Kier alpha value is -3.15. The van der Waals surface area contributed by atoms with Crippen LogP contribution in [0.25, 0.3) is 16.7 Å². The summed E-state index contributed by atoms with van der Waals surface area (Å²) >= 11 is 0. The van der Waals surface area contributed by atoms with Crippen LogP contribution in [0.1, 0.15) is 5.56 Å². The van der Waals surface area contributed by atoms with E-state index in [9.17, 15) is 4.79 Å². The zero-order chi connectivity index (χ0) is 15.6. The third-order valence-electron chi connectivity index (χ3n) is 3.65. The molecular weight excluding hydrogens is 292 g/mol. The Morgan fingerprint density at radius 1 is 1.04 bits per heavy atom. The topological polar surface area (TPSA) is 72.3 Å². The summed E-state index contributed by atoms with van der Waals surface area (Å²) in [5.74, 6) is 0.378. The van der Waals surface area contributed by atoms with Crippen molar-refractivity contribution in [1.82, 2.24) is 19.6 Å². The van der Waals surface area contributed by atoms with Gasteiger partial charge in [-0.15, -0.1) is 5.10 Å². The van der Waals surface area contributed by atoms with Crippen molar-refractivity contribution >= 4 is 16.7 Å². The fourth-order valence-corrected chi connectivity index (χ4v) is 2.53. The van der Waals surface area contributed by atoms with Gasteiger partial charge in [0.05, 0.1) is 17.5 Å². The smallest absolute Gasteiger partial charge is 0.337 e. The summed E-state index contributed by atoms with van der Waals surface area (Å²) < 4.78 is 7.21. The van der Waals surface area contributed by atoms with Gasteiger partial charge in [0.15, 0.2) is 0 Å². The molecule has 2 aromatic carbocycles. The zero-order valence-electron chi connectivity index (χ0n) is 12.3. The largest absolute Gasteiger partial charge is 0.462 e. The molecule has 0 radical (unpaired) electrons. The third kappa shape index (κ3) is 2.55. The van der Waals surface area contributed by atoms with Crippen molar-refractivity contribution in [2.45, 2.75) is 6.42 Å². The standard InChI is InChI=1S/C17H14N4O2/c22-15-13-8-4-5-9-14(13)21-16(18-15)19-17(20-21)23-11-10-12-6-2-1-3-7-12/h1-9H,10-11H2,(H,18,19,20,22). The van der Waals surface area contributed by atoms with Crippen LogP contribution >= 0.6 is 0 Å². The molecule has 0 aliphatic carbocycles. The lowest BCUT2D eigenvalue weighted by Gasteiger charge is -2.01. The molecule has 0 aliphatic heterocycles. The van der Waals surface area contributed by atoms with Crippen molar-refractivity contribution in [3.8, 4) is 6.01 Å². The molecule has 0 saturated carbocycles. The number of H-pyrrole nitrogens is 1. The first-order valence-corrected chi connectivity index (χ1v) is 7.36. The molecule has 1 N–H and O–H groups in total. The summed E-state index contributed by atoms with van der Waals surface area (Å²) in [4.78, 5) is 19.0. The second kappa shape index (κ2) is 5.57. The molecule has 0 bridgehead atoms. The van der Waals surface area contributed by atoms with Crippen molar-refractivity contribution in [1.29, 1.82) is 0 Å². The molecule has 2 aromatic heterocycles. The first-order chi connectivity index (χ1) is 11.3. The fraction of sp³-hybridized carbons (Fsp3) is 0.118. The van der Waals surface area contributed by atoms with Crippen LogP contribution < -0.4 is 10.3 Å². The normalized spacial score (nSPS) is 11.1. The molecule has 0 spiro atoms. The lowest BCUT2D eigenvalue weighted by atomic mass is 10.2. The molecule has 6 heteroatoms. The minimum atomic E-state index is -0.184. The second-order valence-corrected chi connectivity index (χ2v) is 5.19. The van der Waals surface area contributed by atoms with Crippen molar-refractivity contribution in [3.05, 3.63) is 70.5 Å². The van der Waals surface area contributed by atoms with Crippen LogP contribution in [0.5, 0.6) is 6.01 Å². The highest BCUT2D eigenvalue weighted by Gasteiger charge is 2.10. The minimum Gasteiger partial charge on any atom is -0.462 e. The predicted molar refractivity (Wildman–Crippen MR) is 86.8 cm³/mol. The molecule has 0 unspecified atom stereocenters. The maximum absolute atomic E-state index is 12.0. The monoisotopic (exact) mass is 306 g/mol. The number of benzene rings is 2. The SMILES string of the molecule is O=c1[nH]c2nc(OCCc3ccccc3)nn2c2ccccc12. The number of nitrogens with zero attached hydrogens (tertiary/aromatic N) is 3. The highest BCUT2D eigenvalue weighted by Crippen LogP contribution is 2.13. The van der Waals surface area contributed by atoms with Crippen molar-refractivity contribution in [3.63, 3.8) is 0 Å². The van der Waals surface area contributed by atoms with Gasteiger partial charge >= 0.3 is 6.01 Å². The molecule has 4 rings (SSSR count). The molecule has 23 heavy (non-hydrogen) atoms. The number of hydrogen-bond acceptors (Lipinski definition) is 4. The quantitative estimate of drug-likeness (QED) is 0.627. The van der Waals surface area contributed by atoms with Gasteiger partial charge < -0.3 is 4.74 Å². The van der Waals surface area contributed by atoms with E-state index >= 15 is 0 Å². The van der Waals surface area contributed by atoms with Gasteiger partial charge in [0.2, 0.25) is 5.78 Å². The highest BCUT2D eigenvalue weighted by atomic mass is 16.5. The number of para-hydroxylation sites is 1. The van der Waals surface area contributed by atoms with E-state index in [1.54, 1.807) is 10.6 Å². The molecule has 2 heterocycles. The van der Waals surface area contributed by atoms with Gasteiger partial charge in [0, 0.05) is 6.42 Å². The molecule has 0 amide bonds. The number of aromatic amines is 1. The first-order valence-electron chi connectivity index (χ1n) is 7.36. The van der Waals surface area contributed by atoms with Crippen LogP contribution in [-0.2, 0) is 6.42 Å². The van der Waals surface area contributed by atoms with Crippen LogP contribution in [0.4, 0.5) is 0 Å². The Bertz CT molecular complexity index is 1020. The van der Waals surface area contributed by atoms with E-state index in [1.165, 1.54) is 5.56 Å². The van der Waals surface area contributed by atoms with E-state index in [1.807, 2.05) is 48.5 Å². The van der Waals surface area contributed by atoms with Crippen molar-refractivity contribution in [2.75, 3.05) is 6.61 Å². The van der Waals surface area contributed by atoms with E-state index in [0.717, 1.165) is 6.42 Å². The minimum absolute atomic E-state index is 0.184. The second-order valence-electron chi connectivity index (χ2n) is 5.19. The summed E-state index contributed by atoms with van der Waals surface area (Å²) in [5.41, 5.74) is 1.71. The van der Waals surface area contributed by atoms with Gasteiger partial charge in [0.1, 0.15) is 0 Å². The number of hydrogen-bond donors (Lipinski definition) is 1. The van der Waals surface area contributed by atoms with Crippen LogP contribution in [0.3, 0.4) is 0 Å². The summed E-state index contributed by atoms with van der Waals surface area (Å²) in [5, 5.41) is 4.90. The molecule has 4 aromatic rings. The Morgan fingerprint density at radius 2 is 1.83 bits per heavy atom. The van der Waals surface area contributed by atoms with Crippen LogP contribution in [-0.4, -0.2) is 26.2 Å². The van der Waals surface area contributed by atoms with Gasteiger partial charge in [-0.1, -0.05) is 42.5 Å². The number of aromatic nitrogens is 4. The van der Waals surface area contributed by atoms with Crippen LogP contribution in [0.2, 0.25) is 0 Å².